The minimum atomic E-state index is 0.482. The fourth-order valence-electron chi connectivity index (χ4n) is 1.53. The Kier molecular flexibility index (Phi) is 2.77. The number of aromatic nitrogens is 1. The summed E-state index contributed by atoms with van der Waals surface area (Å²) in [6.45, 7) is 0.956. The molecular formula is C10H14ClN3. The summed E-state index contributed by atoms with van der Waals surface area (Å²) in [5.41, 5.74) is 6.41. The average molecular weight is 212 g/mol. The number of hydrogen-bond acceptors (Lipinski definition) is 3. The highest BCUT2D eigenvalue weighted by molar-refractivity contribution is 6.29. The molecule has 1 fully saturated rings. The molecule has 1 heterocycles. The molecule has 0 atom stereocenters. The number of anilines is 2. The Morgan fingerprint density at radius 3 is 2.93 bits per heavy atom. The second-order valence-corrected chi connectivity index (χ2v) is 4.14. The predicted octanol–water partition coefficient (Wildman–Crippen LogP) is 2.53. The molecule has 2 rings (SSSR count). The van der Waals surface area contributed by atoms with Crippen molar-refractivity contribution in [3.8, 4) is 0 Å². The van der Waals surface area contributed by atoms with Gasteiger partial charge in [0.15, 0.2) is 5.82 Å². The van der Waals surface area contributed by atoms with Gasteiger partial charge in [0.25, 0.3) is 0 Å². The maximum atomic E-state index is 5.77. The Bertz CT molecular complexity index is 323. The maximum Gasteiger partial charge on any atom is 0.150 e. The maximum absolute atomic E-state index is 5.77. The number of halogens is 1. The first-order chi connectivity index (χ1) is 6.75. The van der Waals surface area contributed by atoms with Crippen molar-refractivity contribution < 1.29 is 0 Å². The number of nitrogens with one attached hydrogen (secondary N) is 1. The lowest BCUT2D eigenvalue weighted by molar-refractivity contribution is 0.333. The van der Waals surface area contributed by atoms with E-state index in [9.17, 15) is 0 Å². The number of hydrogen-bond donors (Lipinski definition) is 2. The molecule has 0 bridgehead atoms. The van der Waals surface area contributed by atoms with Crippen LogP contribution in [0.4, 0.5) is 11.5 Å². The van der Waals surface area contributed by atoms with E-state index in [1.807, 2.05) is 0 Å². The Balaban J connectivity index is 1.96. The fourth-order valence-corrected chi connectivity index (χ4v) is 1.67. The summed E-state index contributed by atoms with van der Waals surface area (Å²) >= 11 is 5.77. The number of nitrogens with zero attached hydrogens (tertiary/aromatic N) is 1. The summed E-state index contributed by atoms with van der Waals surface area (Å²) in [6, 6.07) is 3.48. The molecule has 1 aliphatic carbocycles. The van der Waals surface area contributed by atoms with Crippen LogP contribution in [0.25, 0.3) is 0 Å². The largest absolute Gasteiger partial charge is 0.396 e. The molecule has 0 spiro atoms. The third kappa shape index (κ3) is 2.10. The zero-order chi connectivity index (χ0) is 9.97. The number of pyridine rings is 1. The van der Waals surface area contributed by atoms with E-state index in [4.69, 9.17) is 17.3 Å². The summed E-state index contributed by atoms with van der Waals surface area (Å²) in [6.07, 6.45) is 3.98. The van der Waals surface area contributed by atoms with Gasteiger partial charge < -0.3 is 11.1 Å². The Labute approximate surface area is 88.7 Å². The lowest BCUT2D eigenvalue weighted by Gasteiger charge is -2.25. The van der Waals surface area contributed by atoms with Gasteiger partial charge in [-0.15, -0.1) is 0 Å². The van der Waals surface area contributed by atoms with Crippen LogP contribution in [0.1, 0.15) is 19.3 Å². The third-order valence-corrected chi connectivity index (χ3v) is 2.89. The van der Waals surface area contributed by atoms with Crippen LogP contribution >= 0.6 is 11.6 Å². The molecule has 0 amide bonds. The van der Waals surface area contributed by atoms with Crippen molar-refractivity contribution in [1.29, 1.82) is 0 Å². The smallest absolute Gasteiger partial charge is 0.150 e. The number of nitrogen functional groups attached to an aromatic ring is 1. The monoisotopic (exact) mass is 211 g/mol. The van der Waals surface area contributed by atoms with E-state index >= 15 is 0 Å². The quantitative estimate of drug-likeness (QED) is 0.756. The molecule has 0 unspecified atom stereocenters. The van der Waals surface area contributed by atoms with Crippen molar-refractivity contribution in [2.75, 3.05) is 17.6 Å². The fraction of sp³-hybridized carbons (Fsp3) is 0.500. The summed E-state index contributed by atoms with van der Waals surface area (Å²) < 4.78 is 0. The van der Waals surface area contributed by atoms with Crippen LogP contribution < -0.4 is 11.1 Å². The van der Waals surface area contributed by atoms with Crippen LogP contribution in [-0.2, 0) is 0 Å². The topological polar surface area (TPSA) is 50.9 Å². The summed E-state index contributed by atoms with van der Waals surface area (Å²) in [5.74, 6) is 1.50. The summed E-state index contributed by atoms with van der Waals surface area (Å²) in [5, 5.41) is 3.72. The van der Waals surface area contributed by atoms with E-state index in [1.165, 1.54) is 19.3 Å². The van der Waals surface area contributed by atoms with Crippen molar-refractivity contribution in [3.63, 3.8) is 0 Å². The zero-order valence-electron chi connectivity index (χ0n) is 7.96. The lowest BCUT2D eigenvalue weighted by Crippen LogP contribution is -2.21. The van der Waals surface area contributed by atoms with Gasteiger partial charge in [0, 0.05) is 6.54 Å². The SMILES string of the molecule is Nc1ccc(Cl)nc1NCC1CCC1. The molecule has 1 aromatic rings. The second kappa shape index (κ2) is 4.05. The van der Waals surface area contributed by atoms with E-state index < -0.39 is 0 Å². The highest BCUT2D eigenvalue weighted by Gasteiger charge is 2.17. The van der Waals surface area contributed by atoms with Crippen molar-refractivity contribution in [2.24, 2.45) is 5.92 Å². The number of nitrogens with two attached hydrogens (primary N) is 1. The van der Waals surface area contributed by atoms with Crippen LogP contribution in [0.2, 0.25) is 5.15 Å². The highest BCUT2D eigenvalue weighted by Crippen LogP contribution is 2.27. The second-order valence-electron chi connectivity index (χ2n) is 3.75. The van der Waals surface area contributed by atoms with Crippen molar-refractivity contribution >= 4 is 23.1 Å². The molecule has 4 heteroatoms. The number of rotatable bonds is 3. The molecule has 0 aliphatic heterocycles. The standard InChI is InChI=1S/C10H14ClN3/c11-9-5-4-8(12)10(14-9)13-6-7-2-1-3-7/h4-5,7H,1-3,6,12H2,(H,13,14). The average Bonchev–Trinajstić information content (AvgIpc) is 2.08. The highest BCUT2D eigenvalue weighted by atomic mass is 35.5. The molecule has 1 aliphatic rings. The van der Waals surface area contributed by atoms with Crippen molar-refractivity contribution in [2.45, 2.75) is 19.3 Å². The van der Waals surface area contributed by atoms with Crippen LogP contribution in [0.3, 0.4) is 0 Å². The van der Waals surface area contributed by atoms with E-state index in [-0.39, 0.29) is 0 Å². The van der Waals surface area contributed by atoms with E-state index in [0.717, 1.165) is 12.5 Å². The van der Waals surface area contributed by atoms with Crippen molar-refractivity contribution in [1.82, 2.24) is 4.98 Å². The van der Waals surface area contributed by atoms with Crippen LogP contribution in [0.5, 0.6) is 0 Å². The van der Waals surface area contributed by atoms with E-state index in [0.29, 0.717) is 16.7 Å². The summed E-state index contributed by atoms with van der Waals surface area (Å²) in [7, 11) is 0. The van der Waals surface area contributed by atoms with Crippen LogP contribution in [-0.4, -0.2) is 11.5 Å². The minimum absolute atomic E-state index is 0.482. The Hall–Kier alpha value is -0.960. The van der Waals surface area contributed by atoms with Crippen molar-refractivity contribution in [3.05, 3.63) is 17.3 Å². The van der Waals surface area contributed by atoms with E-state index in [1.54, 1.807) is 12.1 Å². The Morgan fingerprint density at radius 1 is 1.50 bits per heavy atom. The molecule has 0 radical (unpaired) electrons. The molecule has 1 saturated carbocycles. The molecular weight excluding hydrogens is 198 g/mol. The molecule has 1 aromatic heterocycles. The normalized spacial score (nSPS) is 16.4. The van der Waals surface area contributed by atoms with Gasteiger partial charge >= 0.3 is 0 Å². The minimum Gasteiger partial charge on any atom is -0.396 e. The first-order valence-electron chi connectivity index (χ1n) is 4.91. The molecule has 76 valence electrons. The van der Waals surface area contributed by atoms with E-state index in [2.05, 4.69) is 10.3 Å². The van der Waals surface area contributed by atoms with Gasteiger partial charge in [-0.3, -0.25) is 0 Å². The molecule has 3 N–H and O–H groups in total. The van der Waals surface area contributed by atoms with Gasteiger partial charge in [0.2, 0.25) is 0 Å². The van der Waals surface area contributed by atoms with Crippen LogP contribution in [0, 0.1) is 5.92 Å². The summed E-state index contributed by atoms with van der Waals surface area (Å²) in [4.78, 5) is 4.13. The molecule has 3 nitrogen and oxygen atoms in total. The first-order valence-corrected chi connectivity index (χ1v) is 5.29. The van der Waals surface area contributed by atoms with Gasteiger partial charge in [-0.25, -0.2) is 4.98 Å². The lowest BCUT2D eigenvalue weighted by atomic mass is 9.85. The molecule has 0 aromatic carbocycles. The molecule has 0 saturated heterocycles. The van der Waals surface area contributed by atoms with Gasteiger partial charge in [-0.2, -0.15) is 0 Å². The van der Waals surface area contributed by atoms with Crippen LogP contribution in [0.15, 0.2) is 12.1 Å². The van der Waals surface area contributed by atoms with Gasteiger partial charge in [-0.1, -0.05) is 18.0 Å². The predicted molar refractivity (Wildman–Crippen MR) is 59.5 cm³/mol. The van der Waals surface area contributed by atoms with Gasteiger partial charge in [-0.05, 0) is 30.9 Å². The Morgan fingerprint density at radius 2 is 2.29 bits per heavy atom. The third-order valence-electron chi connectivity index (χ3n) is 2.68. The molecule has 14 heavy (non-hydrogen) atoms. The first kappa shape index (κ1) is 9.59. The van der Waals surface area contributed by atoms with Gasteiger partial charge in [0.05, 0.1) is 5.69 Å². The zero-order valence-corrected chi connectivity index (χ0v) is 8.72. The van der Waals surface area contributed by atoms with Gasteiger partial charge in [0.1, 0.15) is 5.15 Å².